The van der Waals surface area contributed by atoms with Gasteiger partial charge in [-0.25, -0.2) is 0 Å². The van der Waals surface area contributed by atoms with Crippen LogP contribution in [0.5, 0.6) is 0 Å². The highest BCUT2D eigenvalue weighted by Crippen LogP contribution is 2.22. The molecule has 0 fully saturated rings. The van der Waals surface area contributed by atoms with Crippen molar-refractivity contribution in [2.24, 2.45) is 0 Å². The lowest BCUT2D eigenvalue weighted by Gasteiger charge is -2.09. The van der Waals surface area contributed by atoms with Crippen LogP contribution in [0.2, 0.25) is 0 Å². The molecule has 17 heavy (non-hydrogen) atoms. The molecule has 0 saturated carbocycles. The number of aromatic nitrogens is 1. The number of aldehydes is 1. The summed E-state index contributed by atoms with van der Waals surface area (Å²) in [6.45, 7) is 0. The molecule has 0 aliphatic heterocycles. The number of pyridine rings is 1. The van der Waals surface area contributed by atoms with Crippen LogP contribution in [0.3, 0.4) is 0 Å². The van der Waals surface area contributed by atoms with Gasteiger partial charge >= 0.3 is 0 Å². The summed E-state index contributed by atoms with van der Waals surface area (Å²) >= 11 is 0. The van der Waals surface area contributed by atoms with Crippen molar-refractivity contribution >= 4 is 22.8 Å². The SMILES string of the molecule is CN(C)/C=C(\C=O)c1ccnc2ccccc12. The molecule has 0 atom stereocenters. The van der Waals surface area contributed by atoms with E-state index in [0.717, 1.165) is 22.8 Å². The number of rotatable bonds is 3. The Bertz CT molecular complexity index is 568. The molecule has 3 nitrogen and oxygen atoms in total. The van der Waals surface area contributed by atoms with Crippen LogP contribution in [-0.4, -0.2) is 30.3 Å². The van der Waals surface area contributed by atoms with E-state index in [9.17, 15) is 4.79 Å². The highest BCUT2D eigenvalue weighted by molar-refractivity contribution is 6.12. The van der Waals surface area contributed by atoms with Gasteiger partial charge < -0.3 is 4.90 Å². The zero-order chi connectivity index (χ0) is 12.3. The molecule has 0 radical (unpaired) electrons. The summed E-state index contributed by atoms with van der Waals surface area (Å²) in [6.07, 6.45) is 4.42. The Balaban J connectivity index is 2.65. The number of nitrogens with zero attached hydrogens (tertiary/aromatic N) is 2. The molecular weight excluding hydrogens is 212 g/mol. The van der Waals surface area contributed by atoms with Gasteiger partial charge in [0.05, 0.1) is 5.52 Å². The summed E-state index contributed by atoms with van der Waals surface area (Å²) in [4.78, 5) is 17.3. The number of para-hydroxylation sites is 1. The third kappa shape index (κ3) is 2.33. The molecule has 0 bridgehead atoms. The van der Waals surface area contributed by atoms with Crippen LogP contribution in [0.25, 0.3) is 16.5 Å². The van der Waals surface area contributed by atoms with Crippen LogP contribution in [-0.2, 0) is 4.79 Å². The Labute approximate surface area is 100 Å². The van der Waals surface area contributed by atoms with Crippen molar-refractivity contribution in [3.8, 4) is 0 Å². The van der Waals surface area contributed by atoms with Crippen molar-refractivity contribution in [2.75, 3.05) is 14.1 Å². The normalized spacial score (nSPS) is 11.5. The van der Waals surface area contributed by atoms with E-state index in [0.29, 0.717) is 5.57 Å². The molecule has 86 valence electrons. The Morgan fingerprint density at radius 2 is 2.00 bits per heavy atom. The molecule has 0 spiro atoms. The lowest BCUT2D eigenvalue weighted by Crippen LogP contribution is -2.03. The predicted molar refractivity (Wildman–Crippen MR) is 69.5 cm³/mol. The van der Waals surface area contributed by atoms with Gasteiger partial charge in [0.2, 0.25) is 0 Å². The minimum atomic E-state index is 0.661. The Morgan fingerprint density at radius 1 is 1.24 bits per heavy atom. The average Bonchev–Trinajstić information content (AvgIpc) is 2.35. The molecule has 0 aliphatic carbocycles. The van der Waals surface area contributed by atoms with E-state index in [4.69, 9.17) is 0 Å². The van der Waals surface area contributed by atoms with E-state index >= 15 is 0 Å². The molecule has 3 heteroatoms. The minimum Gasteiger partial charge on any atom is -0.383 e. The van der Waals surface area contributed by atoms with Crippen LogP contribution in [0.4, 0.5) is 0 Å². The number of fused-ring (bicyclic) bond motifs is 1. The van der Waals surface area contributed by atoms with Gasteiger partial charge in [-0.05, 0) is 17.7 Å². The van der Waals surface area contributed by atoms with E-state index in [-0.39, 0.29) is 0 Å². The van der Waals surface area contributed by atoms with Crippen molar-refractivity contribution < 1.29 is 4.79 Å². The summed E-state index contributed by atoms with van der Waals surface area (Å²) in [5.74, 6) is 0. The van der Waals surface area contributed by atoms with Crippen molar-refractivity contribution in [3.63, 3.8) is 0 Å². The fraction of sp³-hybridized carbons (Fsp3) is 0.143. The van der Waals surface area contributed by atoms with Gasteiger partial charge in [0.15, 0.2) is 6.29 Å². The molecule has 0 amide bonds. The number of hydrogen-bond donors (Lipinski definition) is 0. The molecule has 0 aliphatic rings. The molecular formula is C14H14N2O. The lowest BCUT2D eigenvalue weighted by molar-refractivity contribution is -0.103. The molecule has 1 aromatic carbocycles. The largest absolute Gasteiger partial charge is 0.383 e. The van der Waals surface area contributed by atoms with Crippen molar-refractivity contribution in [1.82, 2.24) is 9.88 Å². The van der Waals surface area contributed by atoms with Crippen LogP contribution < -0.4 is 0 Å². The lowest BCUT2D eigenvalue weighted by atomic mass is 10.0. The van der Waals surface area contributed by atoms with E-state index < -0.39 is 0 Å². The second kappa shape index (κ2) is 4.78. The first-order valence-corrected chi connectivity index (χ1v) is 5.40. The first kappa shape index (κ1) is 11.3. The fourth-order valence-corrected chi connectivity index (χ4v) is 1.79. The Morgan fingerprint density at radius 3 is 2.71 bits per heavy atom. The van der Waals surface area contributed by atoms with Crippen LogP contribution >= 0.6 is 0 Å². The number of carbonyl (C=O) groups excluding carboxylic acids is 1. The minimum absolute atomic E-state index is 0.661. The van der Waals surface area contributed by atoms with Gasteiger partial charge in [-0.3, -0.25) is 9.78 Å². The predicted octanol–water partition coefficient (Wildman–Crippen LogP) is 2.34. The Kier molecular flexibility index (Phi) is 3.19. The van der Waals surface area contributed by atoms with Crippen molar-refractivity contribution in [2.45, 2.75) is 0 Å². The summed E-state index contributed by atoms with van der Waals surface area (Å²) in [5, 5.41) is 0.996. The highest BCUT2D eigenvalue weighted by Gasteiger charge is 2.06. The maximum Gasteiger partial charge on any atom is 0.152 e. The molecule has 0 unspecified atom stereocenters. The first-order valence-electron chi connectivity index (χ1n) is 5.40. The standard InChI is InChI=1S/C14H14N2O/c1-16(2)9-11(10-17)12-7-8-15-14-6-4-3-5-13(12)14/h3-10H,1-2H3/b11-9+. The summed E-state index contributed by atoms with van der Waals surface area (Å²) in [5.41, 5.74) is 2.48. The number of hydrogen-bond acceptors (Lipinski definition) is 3. The molecule has 0 saturated heterocycles. The van der Waals surface area contributed by atoms with Crippen molar-refractivity contribution in [1.29, 1.82) is 0 Å². The first-order chi connectivity index (χ1) is 8.22. The highest BCUT2D eigenvalue weighted by atomic mass is 16.1. The summed E-state index contributed by atoms with van der Waals surface area (Å²) in [6, 6.07) is 9.68. The van der Waals surface area contributed by atoms with Gasteiger partial charge in [-0.2, -0.15) is 0 Å². The number of benzene rings is 1. The van der Waals surface area contributed by atoms with Gasteiger partial charge in [-0.1, -0.05) is 18.2 Å². The number of carbonyl (C=O) groups is 1. The molecule has 1 heterocycles. The van der Waals surface area contributed by atoms with E-state index in [2.05, 4.69) is 4.98 Å². The molecule has 1 aromatic heterocycles. The topological polar surface area (TPSA) is 33.2 Å². The summed E-state index contributed by atoms with van der Waals surface area (Å²) < 4.78 is 0. The van der Waals surface area contributed by atoms with Gasteiger partial charge in [0.1, 0.15) is 0 Å². The second-order valence-corrected chi connectivity index (χ2v) is 4.04. The smallest absolute Gasteiger partial charge is 0.152 e. The van der Waals surface area contributed by atoms with Crippen LogP contribution in [0, 0.1) is 0 Å². The second-order valence-electron chi connectivity index (χ2n) is 4.04. The monoisotopic (exact) mass is 226 g/mol. The molecule has 2 rings (SSSR count). The van der Waals surface area contributed by atoms with E-state index in [1.54, 1.807) is 6.20 Å². The van der Waals surface area contributed by atoms with Crippen LogP contribution in [0.1, 0.15) is 5.56 Å². The average molecular weight is 226 g/mol. The van der Waals surface area contributed by atoms with Gasteiger partial charge in [-0.15, -0.1) is 0 Å². The van der Waals surface area contributed by atoms with Gasteiger partial charge in [0.25, 0.3) is 0 Å². The quantitative estimate of drug-likeness (QED) is 0.595. The number of allylic oxidation sites excluding steroid dienone is 1. The van der Waals surface area contributed by atoms with E-state index in [1.807, 2.05) is 55.5 Å². The third-order valence-corrected chi connectivity index (χ3v) is 2.48. The fourth-order valence-electron chi connectivity index (χ4n) is 1.79. The summed E-state index contributed by atoms with van der Waals surface area (Å²) in [7, 11) is 3.79. The van der Waals surface area contributed by atoms with E-state index in [1.165, 1.54) is 0 Å². The van der Waals surface area contributed by atoms with Crippen LogP contribution in [0.15, 0.2) is 42.7 Å². The van der Waals surface area contributed by atoms with Crippen molar-refractivity contribution in [3.05, 3.63) is 48.3 Å². The Hall–Kier alpha value is -2.16. The molecule has 0 N–H and O–H groups in total. The zero-order valence-electron chi connectivity index (χ0n) is 9.92. The zero-order valence-corrected chi connectivity index (χ0v) is 9.92. The van der Waals surface area contributed by atoms with Gasteiger partial charge in [0, 0.05) is 37.5 Å². The third-order valence-electron chi connectivity index (χ3n) is 2.48. The molecule has 2 aromatic rings. The maximum absolute atomic E-state index is 11.2. The maximum atomic E-state index is 11.2.